The maximum atomic E-state index is 12.5. The van der Waals surface area contributed by atoms with Crippen molar-refractivity contribution in [3.05, 3.63) is 59.7 Å². The molecule has 7 nitrogen and oxygen atoms in total. The fraction of sp³-hybridized carbons (Fsp3) is 0.393. The van der Waals surface area contributed by atoms with Gasteiger partial charge in [-0.2, -0.15) is 0 Å². The fourth-order valence-corrected chi connectivity index (χ4v) is 5.31. The standard InChI is InChI=1S/C28H30N2O5/c1-2-13-30(17-27(32)33)26(31)15-19-11-12-20(14-19)16-29-28(34)35-18-25-23-9-5-3-7-21(23)22-8-4-6-10-24(22)25/h1,3-10,19-20,25H,11-18H2,(H,29,34)(H,32,33). The predicted molar refractivity (Wildman–Crippen MR) is 132 cm³/mol. The lowest BCUT2D eigenvalue weighted by Gasteiger charge is -2.20. The Morgan fingerprint density at radius 3 is 2.29 bits per heavy atom. The first-order valence-electron chi connectivity index (χ1n) is 12.0. The van der Waals surface area contributed by atoms with Crippen LogP contribution in [0.4, 0.5) is 4.79 Å². The van der Waals surface area contributed by atoms with E-state index in [2.05, 4.69) is 35.5 Å². The van der Waals surface area contributed by atoms with Gasteiger partial charge in [0.25, 0.3) is 0 Å². The minimum atomic E-state index is -1.08. The molecule has 0 aromatic heterocycles. The van der Waals surface area contributed by atoms with Crippen LogP contribution >= 0.6 is 0 Å². The molecule has 0 aliphatic heterocycles. The first kappa shape index (κ1) is 24.3. The van der Waals surface area contributed by atoms with E-state index in [0.717, 1.165) is 19.3 Å². The normalized spacial score (nSPS) is 18.3. The van der Waals surface area contributed by atoms with Gasteiger partial charge in [-0.25, -0.2) is 4.79 Å². The molecule has 2 aromatic rings. The summed E-state index contributed by atoms with van der Waals surface area (Å²) < 4.78 is 5.60. The van der Waals surface area contributed by atoms with Crippen molar-refractivity contribution in [3.63, 3.8) is 0 Å². The molecule has 182 valence electrons. The van der Waals surface area contributed by atoms with Crippen LogP contribution in [0.25, 0.3) is 11.1 Å². The zero-order valence-corrected chi connectivity index (χ0v) is 19.6. The summed E-state index contributed by atoms with van der Waals surface area (Å²) in [6.45, 7) is 0.369. The Labute approximate surface area is 205 Å². The van der Waals surface area contributed by atoms with Gasteiger partial charge in [0.05, 0.1) is 6.54 Å². The number of benzene rings is 2. The van der Waals surface area contributed by atoms with E-state index in [0.29, 0.717) is 6.54 Å². The molecule has 2 unspecified atom stereocenters. The van der Waals surface area contributed by atoms with Crippen LogP contribution in [-0.4, -0.2) is 54.2 Å². The third kappa shape index (κ3) is 5.83. The fourth-order valence-electron chi connectivity index (χ4n) is 5.31. The lowest BCUT2D eigenvalue weighted by Crippen LogP contribution is -2.36. The second-order valence-corrected chi connectivity index (χ2v) is 9.30. The maximum Gasteiger partial charge on any atom is 0.407 e. The first-order valence-corrected chi connectivity index (χ1v) is 12.0. The molecule has 1 fully saturated rings. The molecule has 2 aliphatic carbocycles. The Morgan fingerprint density at radius 1 is 1.03 bits per heavy atom. The zero-order chi connectivity index (χ0) is 24.8. The number of carboxylic acid groups (broad SMARTS) is 1. The van der Waals surface area contributed by atoms with Crippen molar-refractivity contribution < 1.29 is 24.2 Å². The van der Waals surface area contributed by atoms with Gasteiger partial charge in [-0.15, -0.1) is 6.42 Å². The second kappa shape index (κ2) is 11.1. The highest BCUT2D eigenvalue weighted by molar-refractivity contribution is 5.82. The number of hydrogen-bond donors (Lipinski definition) is 2. The van der Waals surface area contributed by atoms with Crippen molar-refractivity contribution in [2.75, 3.05) is 26.2 Å². The summed E-state index contributed by atoms with van der Waals surface area (Å²) >= 11 is 0. The number of carboxylic acids is 1. The number of alkyl carbamates (subject to hydrolysis) is 1. The van der Waals surface area contributed by atoms with E-state index in [1.54, 1.807) is 0 Å². The van der Waals surface area contributed by atoms with E-state index in [1.807, 2.05) is 24.3 Å². The highest BCUT2D eigenvalue weighted by Gasteiger charge is 2.30. The van der Waals surface area contributed by atoms with Crippen LogP contribution in [0.2, 0.25) is 0 Å². The van der Waals surface area contributed by atoms with Crippen LogP contribution < -0.4 is 5.32 Å². The molecule has 2 N–H and O–H groups in total. The summed E-state index contributed by atoms with van der Waals surface area (Å²) in [4.78, 5) is 37.1. The van der Waals surface area contributed by atoms with Gasteiger partial charge >= 0.3 is 12.1 Å². The Balaban J connectivity index is 1.23. The summed E-state index contributed by atoms with van der Waals surface area (Å²) in [6.07, 6.45) is 7.66. The van der Waals surface area contributed by atoms with Gasteiger partial charge in [0.2, 0.25) is 5.91 Å². The molecule has 0 saturated heterocycles. The third-order valence-electron chi connectivity index (χ3n) is 6.95. The van der Waals surface area contributed by atoms with Gasteiger partial charge < -0.3 is 20.1 Å². The van der Waals surface area contributed by atoms with E-state index in [1.165, 1.54) is 27.2 Å². The van der Waals surface area contributed by atoms with Gasteiger partial charge in [-0.05, 0) is 53.4 Å². The number of carbonyl (C=O) groups is 3. The van der Waals surface area contributed by atoms with Crippen molar-refractivity contribution in [3.8, 4) is 23.5 Å². The average Bonchev–Trinajstić information content (AvgIpc) is 3.43. The Hall–Kier alpha value is -3.79. The van der Waals surface area contributed by atoms with Crippen molar-refractivity contribution >= 4 is 18.0 Å². The average molecular weight is 475 g/mol. The van der Waals surface area contributed by atoms with Gasteiger partial charge in [-0.3, -0.25) is 9.59 Å². The Bertz CT molecular complexity index is 1090. The summed E-state index contributed by atoms with van der Waals surface area (Å²) in [6, 6.07) is 16.4. The number of fused-ring (bicyclic) bond motifs is 3. The number of terminal acetylenes is 1. The maximum absolute atomic E-state index is 12.5. The molecule has 0 heterocycles. The quantitative estimate of drug-likeness (QED) is 0.538. The summed E-state index contributed by atoms with van der Waals surface area (Å²) in [5, 5.41) is 11.9. The van der Waals surface area contributed by atoms with Crippen LogP contribution in [0.3, 0.4) is 0 Å². The number of nitrogens with one attached hydrogen (secondary N) is 1. The number of rotatable bonds is 9. The lowest BCUT2D eigenvalue weighted by molar-refractivity contribution is -0.144. The van der Waals surface area contributed by atoms with E-state index in [9.17, 15) is 14.4 Å². The van der Waals surface area contributed by atoms with Crippen molar-refractivity contribution in [2.45, 2.75) is 31.6 Å². The molecule has 0 bridgehead atoms. The smallest absolute Gasteiger partial charge is 0.407 e. The minimum Gasteiger partial charge on any atom is -0.480 e. The molecule has 35 heavy (non-hydrogen) atoms. The molecule has 0 spiro atoms. The monoisotopic (exact) mass is 474 g/mol. The molecule has 1 saturated carbocycles. The van der Waals surface area contributed by atoms with Gasteiger partial charge in [0.15, 0.2) is 0 Å². The van der Waals surface area contributed by atoms with Crippen molar-refractivity contribution in [2.24, 2.45) is 11.8 Å². The molecule has 2 aliphatic rings. The number of carbonyl (C=O) groups excluding carboxylic acids is 2. The largest absolute Gasteiger partial charge is 0.480 e. The topological polar surface area (TPSA) is 95.9 Å². The van der Waals surface area contributed by atoms with Gasteiger partial charge in [-0.1, -0.05) is 54.5 Å². The van der Waals surface area contributed by atoms with Crippen molar-refractivity contribution in [1.82, 2.24) is 10.2 Å². The van der Waals surface area contributed by atoms with Gasteiger partial charge in [0, 0.05) is 18.9 Å². The molecule has 2 atom stereocenters. The second-order valence-electron chi connectivity index (χ2n) is 9.30. The van der Waals surface area contributed by atoms with E-state index in [-0.39, 0.29) is 49.8 Å². The molecule has 2 aromatic carbocycles. The number of aliphatic carboxylic acids is 1. The van der Waals surface area contributed by atoms with Crippen LogP contribution in [0.15, 0.2) is 48.5 Å². The molecular weight excluding hydrogens is 444 g/mol. The minimum absolute atomic E-state index is 0.00930. The summed E-state index contributed by atoms with van der Waals surface area (Å²) in [5.74, 6) is 1.47. The van der Waals surface area contributed by atoms with Crippen LogP contribution in [0.5, 0.6) is 0 Å². The van der Waals surface area contributed by atoms with E-state index < -0.39 is 12.1 Å². The molecule has 7 heteroatoms. The first-order chi connectivity index (χ1) is 17.0. The highest BCUT2D eigenvalue weighted by atomic mass is 16.5. The molecular formula is C28H30N2O5. The van der Waals surface area contributed by atoms with Crippen molar-refractivity contribution in [1.29, 1.82) is 0 Å². The summed E-state index contributed by atoms with van der Waals surface area (Å²) in [5.41, 5.74) is 4.72. The third-order valence-corrected chi connectivity index (χ3v) is 6.95. The van der Waals surface area contributed by atoms with Crippen LogP contribution in [0, 0.1) is 24.2 Å². The Morgan fingerprint density at radius 2 is 1.66 bits per heavy atom. The predicted octanol–water partition coefficient (Wildman–Crippen LogP) is 3.88. The molecule has 4 rings (SSSR count). The number of amides is 2. The van der Waals surface area contributed by atoms with Crippen LogP contribution in [-0.2, 0) is 14.3 Å². The molecule has 0 radical (unpaired) electrons. The van der Waals surface area contributed by atoms with E-state index >= 15 is 0 Å². The number of hydrogen-bond acceptors (Lipinski definition) is 4. The van der Waals surface area contributed by atoms with Gasteiger partial charge in [0.1, 0.15) is 13.2 Å². The van der Waals surface area contributed by atoms with Crippen LogP contribution in [0.1, 0.15) is 42.7 Å². The zero-order valence-electron chi connectivity index (χ0n) is 19.6. The Kier molecular flexibility index (Phi) is 7.71. The molecule has 2 amide bonds. The number of ether oxygens (including phenoxy) is 1. The highest BCUT2D eigenvalue weighted by Crippen LogP contribution is 2.44. The lowest BCUT2D eigenvalue weighted by atomic mass is 9.98. The SMILES string of the molecule is C#CCN(CC(=O)O)C(=O)CC1CCC(CNC(=O)OCC2c3ccccc3-c3ccccc32)C1. The number of nitrogens with zero attached hydrogens (tertiary/aromatic N) is 1. The summed E-state index contributed by atoms with van der Waals surface area (Å²) in [7, 11) is 0. The van der Waals surface area contributed by atoms with E-state index in [4.69, 9.17) is 16.3 Å².